The van der Waals surface area contributed by atoms with Crippen LogP contribution in [-0.4, -0.2) is 11.1 Å². The summed E-state index contributed by atoms with van der Waals surface area (Å²) in [6.07, 6.45) is 1.76. The first-order valence-electron chi connectivity index (χ1n) is 2.65. The number of rotatable bonds is 3. The lowest BCUT2D eigenvalue weighted by Crippen LogP contribution is -2.17. The summed E-state index contributed by atoms with van der Waals surface area (Å²) >= 11 is 2.09. The molecule has 0 radical (unpaired) electrons. The third kappa shape index (κ3) is 3.45. The van der Waals surface area contributed by atoms with E-state index in [9.17, 15) is 0 Å². The summed E-state index contributed by atoms with van der Waals surface area (Å²) in [5.74, 6) is 0. The molecule has 0 aliphatic carbocycles. The number of nitrogens with one attached hydrogen (secondary N) is 1. The van der Waals surface area contributed by atoms with Crippen molar-refractivity contribution in [1.29, 1.82) is 5.53 Å². The fourth-order valence-corrected chi connectivity index (χ4v) is 0.708. The van der Waals surface area contributed by atoms with Gasteiger partial charge in [-0.25, -0.2) is 0 Å². The Hall–Kier alpha value is -0.130. The van der Waals surface area contributed by atoms with Crippen LogP contribution in [0.2, 0.25) is 0 Å². The van der Waals surface area contributed by atoms with Crippen molar-refractivity contribution in [3.8, 4) is 0 Å². The maximum absolute atomic E-state index is 6.69. The topological polar surface area (TPSA) is 39.5 Å². The largest absolute Gasteiger partial charge is 0.252 e. The van der Waals surface area contributed by atoms with Crippen molar-refractivity contribution >= 4 is 22.6 Å². The molecule has 0 aromatic heterocycles. The molecule has 0 saturated heterocycles. The Labute approximate surface area is 68.7 Å². The molecule has 0 unspecified atom stereocenters. The zero-order chi connectivity index (χ0) is 7.28. The number of hydrogen-bond acceptors (Lipinski definition) is 2. The Morgan fingerprint density at radius 1 is 1.67 bits per heavy atom. The lowest BCUT2D eigenvalue weighted by Gasteiger charge is -2.14. The maximum atomic E-state index is 6.69. The number of halogens is 1. The lowest BCUT2D eigenvalue weighted by molar-refractivity contribution is 0.299. The summed E-state index contributed by atoms with van der Waals surface area (Å²) in [5.41, 5.74) is 6.69. The van der Waals surface area contributed by atoms with Gasteiger partial charge in [-0.2, -0.15) is 5.53 Å². The van der Waals surface area contributed by atoms with Crippen molar-refractivity contribution in [1.82, 2.24) is 5.01 Å². The zero-order valence-corrected chi connectivity index (χ0v) is 7.66. The van der Waals surface area contributed by atoms with Crippen LogP contribution in [0.3, 0.4) is 0 Å². The Morgan fingerprint density at radius 3 is 2.33 bits per heavy atom. The van der Waals surface area contributed by atoms with Gasteiger partial charge in [-0.15, -0.1) is 0 Å². The van der Waals surface area contributed by atoms with Crippen molar-refractivity contribution in [3.05, 3.63) is 10.3 Å². The van der Waals surface area contributed by atoms with Gasteiger partial charge in [0.15, 0.2) is 0 Å². The molecule has 0 amide bonds. The summed E-state index contributed by atoms with van der Waals surface area (Å²) in [6.45, 7) is 3.96. The van der Waals surface area contributed by atoms with Crippen LogP contribution in [0.4, 0.5) is 0 Å². The molecule has 0 heterocycles. The highest BCUT2D eigenvalue weighted by Gasteiger charge is 1.98. The monoisotopic (exact) mass is 239 g/mol. The Kier molecular flexibility index (Phi) is 4.65. The van der Waals surface area contributed by atoms with Crippen LogP contribution in [0, 0.1) is 5.53 Å². The van der Waals surface area contributed by atoms with E-state index >= 15 is 0 Å². The maximum Gasteiger partial charge on any atom is 0.0479 e. The SMILES string of the molecule is CC(C)N(/C=C\I)N=N. The predicted octanol–water partition coefficient (Wildman–Crippen LogP) is 2.55. The zero-order valence-electron chi connectivity index (χ0n) is 5.50. The van der Waals surface area contributed by atoms with Gasteiger partial charge in [0.25, 0.3) is 0 Å². The first kappa shape index (κ1) is 8.87. The van der Waals surface area contributed by atoms with Gasteiger partial charge in [0.2, 0.25) is 0 Å². The minimum absolute atomic E-state index is 0.272. The highest BCUT2D eigenvalue weighted by molar-refractivity contribution is 14.1. The van der Waals surface area contributed by atoms with E-state index in [0.717, 1.165) is 0 Å². The summed E-state index contributed by atoms with van der Waals surface area (Å²) in [5, 5.41) is 4.84. The minimum atomic E-state index is 0.272. The quantitative estimate of drug-likeness (QED) is 0.458. The van der Waals surface area contributed by atoms with Crippen LogP contribution in [0.25, 0.3) is 0 Å². The molecule has 0 spiro atoms. The molecule has 4 heteroatoms. The molecule has 0 saturated carbocycles. The molecule has 0 rings (SSSR count). The van der Waals surface area contributed by atoms with Gasteiger partial charge in [-0.05, 0) is 17.9 Å². The third-order valence-corrected chi connectivity index (χ3v) is 1.18. The average Bonchev–Trinajstić information content (AvgIpc) is 1.82. The molecule has 3 nitrogen and oxygen atoms in total. The standard InChI is InChI=1S/C5H10IN3/c1-5(2)9(8-7)4-3-6/h3-5,7H,1-2H3/b4-3-,8-7?. The molecule has 0 bridgehead atoms. The summed E-state index contributed by atoms with van der Waals surface area (Å²) in [7, 11) is 0. The Bertz CT molecular complexity index is 111. The van der Waals surface area contributed by atoms with Gasteiger partial charge in [-0.1, -0.05) is 27.8 Å². The smallest absolute Gasteiger partial charge is 0.0479 e. The third-order valence-electron chi connectivity index (χ3n) is 0.854. The van der Waals surface area contributed by atoms with E-state index in [2.05, 4.69) is 27.8 Å². The molecule has 0 aliphatic rings. The van der Waals surface area contributed by atoms with E-state index in [1.54, 1.807) is 11.2 Å². The summed E-state index contributed by atoms with van der Waals surface area (Å²) in [4.78, 5) is 0. The molecule has 0 atom stereocenters. The molecular weight excluding hydrogens is 229 g/mol. The molecule has 9 heavy (non-hydrogen) atoms. The molecular formula is C5H10IN3. The normalized spacial score (nSPS) is 10.7. The second-order valence-corrected chi connectivity index (χ2v) is 2.57. The van der Waals surface area contributed by atoms with Crippen LogP contribution >= 0.6 is 22.6 Å². The molecule has 52 valence electrons. The van der Waals surface area contributed by atoms with Crippen LogP contribution in [0.5, 0.6) is 0 Å². The summed E-state index contributed by atoms with van der Waals surface area (Å²) < 4.78 is 1.83. The van der Waals surface area contributed by atoms with Crippen LogP contribution in [0.1, 0.15) is 13.8 Å². The van der Waals surface area contributed by atoms with E-state index < -0.39 is 0 Å². The van der Waals surface area contributed by atoms with Crippen molar-refractivity contribution in [2.45, 2.75) is 19.9 Å². The first-order chi connectivity index (χ1) is 4.22. The van der Waals surface area contributed by atoms with Gasteiger partial charge in [0.1, 0.15) is 0 Å². The van der Waals surface area contributed by atoms with Gasteiger partial charge in [0.05, 0.1) is 0 Å². The average molecular weight is 239 g/mol. The van der Waals surface area contributed by atoms with E-state index in [1.807, 2.05) is 17.9 Å². The van der Waals surface area contributed by atoms with Crippen LogP contribution in [-0.2, 0) is 0 Å². The van der Waals surface area contributed by atoms with Crippen LogP contribution in [0.15, 0.2) is 15.5 Å². The molecule has 0 aromatic carbocycles. The van der Waals surface area contributed by atoms with Gasteiger partial charge < -0.3 is 0 Å². The van der Waals surface area contributed by atoms with Crippen molar-refractivity contribution < 1.29 is 0 Å². The predicted molar refractivity (Wildman–Crippen MR) is 45.3 cm³/mol. The van der Waals surface area contributed by atoms with Crippen molar-refractivity contribution in [2.24, 2.45) is 5.22 Å². The molecule has 0 aliphatic heterocycles. The highest BCUT2D eigenvalue weighted by atomic mass is 127. The second kappa shape index (κ2) is 4.72. The van der Waals surface area contributed by atoms with Crippen LogP contribution < -0.4 is 0 Å². The Morgan fingerprint density at radius 2 is 2.22 bits per heavy atom. The van der Waals surface area contributed by atoms with Crippen molar-refractivity contribution in [3.63, 3.8) is 0 Å². The van der Waals surface area contributed by atoms with Gasteiger partial charge in [-0.3, -0.25) is 5.01 Å². The fourth-order valence-electron chi connectivity index (χ4n) is 0.379. The van der Waals surface area contributed by atoms with Gasteiger partial charge >= 0.3 is 0 Å². The Balaban J connectivity index is 3.82. The lowest BCUT2D eigenvalue weighted by atomic mass is 10.4. The molecule has 0 aromatic rings. The van der Waals surface area contributed by atoms with E-state index in [1.165, 1.54) is 0 Å². The molecule has 1 N–H and O–H groups in total. The van der Waals surface area contributed by atoms with Gasteiger partial charge in [0, 0.05) is 12.2 Å². The van der Waals surface area contributed by atoms with E-state index in [-0.39, 0.29) is 6.04 Å². The first-order valence-corrected chi connectivity index (χ1v) is 3.89. The number of nitrogens with zero attached hydrogens (tertiary/aromatic N) is 2. The molecule has 0 fully saturated rings. The minimum Gasteiger partial charge on any atom is -0.252 e. The van der Waals surface area contributed by atoms with E-state index in [4.69, 9.17) is 5.53 Å². The van der Waals surface area contributed by atoms with Crippen molar-refractivity contribution in [2.75, 3.05) is 0 Å². The summed E-state index contributed by atoms with van der Waals surface area (Å²) in [6, 6.07) is 0.272. The second-order valence-electron chi connectivity index (χ2n) is 1.85. The fraction of sp³-hybridized carbons (Fsp3) is 0.600. The number of hydrogen-bond donors (Lipinski definition) is 1. The van der Waals surface area contributed by atoms with E-state index in [0.29, 0.717) is 0 Å². The highest BCUT2D eigenvalue weighted by Crippen LogP contribution is 2.00.